The predicted octanol–water partition coefficient (Wildman–Crippen LogP) is 1.40. The van der Waals surface area contributed by atoms with Crippen molar-refractivity contribution >= 4 is 27.3 Å². The molecule has 3 atom stereocenters. The van der Waals surface area contributed by atoms with Crippen molar-refractivity contribution in [3.8, 4) is 0 Å². The molecule has 0 saturated carbocycles. The van der Waals surface area contributed by atoms with Crippen LogP contribution in [0.15, 0.2) is 18.2 Å². The molecule has 7 nitrogen and oxygen atoms in total. The summed E-state index contributed by atoms with van der Waals surface area (Å²) < 4.78 is 43.4. The van der Waals surface area contributed by atoms with Crippen molar-refractivity contribution in [1.82, 2.24) is 0 Å². The molecule has 0 spiro atoms. The molecule has 3 aliphatic rings. The smallest absolute Gasteiger partial charge is 0.414 e. The maximum atomic E-state index is 14.8. The number of benzene rings is 1. The molecule has 0 radical (unpaired) electrons. The lowest BCUT2D eigenvalue weighted by atomic mass is 9.92. The normalized spacial score (nSPS) is 30.1. The molecular formula is C18H23FN2O5S. The van der Waals surface area contributed by atoms with E-state index in [-0.39, 0.29) is 36.5 Å². The number of anilines is 2. The molecule has 4 rings (SSSR count). The zero-order valence-corrected chi connectivity index (χ0v) is 15.7. The number of cyclic esters (lactones) is 1. The first-order valence-corrected chi connectivity index (χ1v) is 11.0. The van der Waals surface area contributed by atoms with Gasteiger partial charge in [-0.1, -0.05) is 0 Å². The Balaban J connectivity index is 1.49. The third kappa shape index (κ3) is 3.62. The van der Waals surface area contributed by atoms with E-state index in [0.717, 1.165) is 0 Å². The van der Waals surface area contributed by atoms with Crippen LogP contribution in [0.3, 0.4) is 0 Å². The number of hydrogen-bond donors (Lipinski definition) is 1. The van der Waals surface area contributed by atoms with Gasteiger partial charge in [-0.3, -0.25) is 4.90 Å². The first-order chi connectivity index (χ1) is 12.9. The van der Waals surface area contributed by atoms with E-state index in [2.05, 4.69) is 0 Å². The van der Waals surface area contributed by atoms with Crippen LogP contribution in [0.4, 0.5) is 20.6 Å². The number of sulfone groups is 1. The molecule has 3 fully saturated rings. The van der Waals surface area contributed by atoms with E-state index >= 15 is 0 Å². The highest BCUT2D eigenvalue weighted by Crippen LogP contribution is 2.37. The van der Waals surface area contributed by atoms with E-state index in [1.165, 1.54) is 11.0 Å². The van der Waals surface area contributed by atoms with E-state index in [4.69, 9.17) is 9.84 Å². The second-order valence-corrected chi connectivity index (χ2v) is 9.89. The van der Waals surface area contributed by atoms with Gasteiger partial charge in [0.25, 0.3) is 0 Å². The number of halogens is 1. The minimum atomic E-state index is -2.94. The summed E-state index contributed by atoms with van der Waals surface area (Å²) in [5, 5.41) is 9.12. The minimum Gasteiger partial charge on any atom is -0.441 e. The number of carbonyl (C=O) groups excluding carboxylic acids is 1. The number of fused-ring (bicyclic) bond motifs is 1. The molecule has 3 saturated heterocycles. The van der Waals surface area contributed by atoms with Crippen molar-refractivity contribution in [2.75, 3.05) is 47.5 Å². The number of rotatable bonds is 3. The Labute approximate surface area is 157 Å². The average molecular weight is 398 g/mol. The van der Waals surface area contributed by atoms with Gasteiger partial charge in [-0.2, -0.15) is 0 Å². The summed E-state index contributed by atoms with van der Waals surface area (Å²) >= 11 is 0. The summed E-state index contributed by atoms with van der Waals surface area (Å²) in [6.07, 6.45) is 0.0736. The zero-order valence-electron chi connectivity index (χ0n) is 14.9. The van der Waals surface area contributed by atoms with E-state index in [1.807, 2.05) is 4.90 Å². The molecule has 1 N–H and O–H groups in total. The van der Waals surface area contributed by atoms with Crippen molar-refractivity contribution in [2.24, 2.45) is 11.8 Å². The Hall–Kier alpha value is -1.87. The third-order valence-electron chi connectivity index (χ3n) is 5.84. The van der Waals surface area contributed by atoms with Gasteiger partial charge in [0.2, 0.25) is 0 Å². The number of nitrogens with zero attached hydrogens (tertiary/aromatic N) is 2. The molecule has 3 aliphatic heterocycles. The van der Waals surface area contributed by atoms with Gasteiger partial charge in [0.1, 0.15) is 21.8 Å². The number of ether oxygens (including phenoxy) is 1. The van der Waals surface area contributed by atoms with Crippen molar-refractivity contribution in [3.63, 3.8) is 0 Å². The molecule has 1 aromatic carbocycles. The van der Waals surface area contributed by atoms with Gasteiger partial charge < -0.3 is 14.7 Å². The van der Waals surface area contributed by atoms with Crippen LogP contribution >= 0.6 is 0 Å². The van der Waals surface area contributed by atoms with Crippen LogP contribution in [0.1, 0.15) is 12.8 Å². The van der Waals surface area contributed by atoms with Crippen molar-refractivity contribution in [1.29, 1.82) is 0 Å². The Morgan fingerprint density at radius 2 is 1.81 bits per heavy atom. The van der Waals surface area contributed by atoms with Crippen LogP contribution in [-0.2, 0) is 14.6 Å². The molecule has 2 unspecified atom stereocenters. The molecule has 27 heavy (non-hydrogen) atoms. The van der Waals surface area contributed by atoms with Gasteiger partial charge >= 0.3 is 6.09 Å². The summed E-state index contributed by atoms with van der Waals surface area (Å²) in [6.45, 7) is 1.22. The van der Waals surface area contributed by atoms with Crippen LogP contribution < -0.4 is 9.80 Å². The maximum Gasteiger partial charge on any atom is 0.414 e. The Bertz CT molecular complexity index is 824. The Morgan fingerprint density at radius 3 is 2.37 bits per heavy atom. The van der Waals surface area contributed by atoms with Crippen molar-refractivity contribution in [2.45, 2.75) is 18.9 Å². The molecule has 148 valence electrons. The van der Waals surface area contributed by atoms with Gasteiger partial charge in [0.05, 0.1) is 36.0 Å². The van der Waals surface area contributed by atoms with Crippen LogP contribution in [0.2, 0.25) is 0 Å². The number of aliphatic hydroxyl groups is 1. The highest BCUT2D eigenvalue weighted by atomic mass is 32.2. The molecule has 1 aromatic rings. The van der Waals surface area contributed by atoms with Gasteiger partial charge in [-0.25, -0.2) is 17.6 Å². The van der Waals surface area contributed by atoms with E-state index in [0.29, 0.717) is 37.3 Å². The quantitative estimate of drug-likeness (QED) is 0.828. The summed E-state index contributed by atoms with van der Waals surface area (Å²) in [6, 6.07) is 4.65. The molecule has 9 heteroatoms. The molecular weight excluding hydrogens is 375 g/mol. The second-order valence-electron chi connectivity index (χ2n) is 7.59. The molecule has 0 bridgehead atoms. The lowest BCUT2D eigenvalue weighted by molar-refractivity contribution is 0.0963. The number of amides is 1. The SMILES string of the molecule is O=C1O[C@@H](CO)CN1c1ccc(N2CC3CCS(=O)(=O)CCC3C2)c(F)c1. The van der Waals surface area contributed by atoms with Gasteiger partial charge in [-0.15, -0.1) is 0 Å². The largest absolute Gasteiger partial charge is 0.441 e. The first kappa shape index (κ1) is 18.5. The standard InChI is InChI=1S/C18H23FN2O5S/c19-16-7-14(21-10-15(11-22)26-18(21)23)1-2-17(16)20-8-12-3-5-27(24,25)6-4-13(12)9-20/h1-2,7,12-13,15,22H,3-6,8-11H2/t12?,13?,15-/m1/s1. The van der Waals surface area contributed by atoms with Gasteiger partial charge in [0, 0.05) is 13.1 Å². The number of aliphatic hydroxyl groups excluding tert-OH is 1. The van der Waals surface area contributed by atoms with Crippen LogP contribution in [0.25, 0.3) is 0 Å². The summed E-state index contributed by atoms with van der Waals surface area (Å²) in [5.74, 6) is 0.538. The fraction of sp³-hybridized carbons (Fsp3) is 0.611. The van der Waals surface area contributed by atoms with Crippen LogP contribution in [-0.4, -0.2) is 63.5 Å². The lowest BCUT2D eigenvalue weighted by Crippen LogP contribution is -2.26. The van der Waals surface area contributed by atoms with Gasteiger partial charge in [-0.05, 0) is 42.9 Å². The molecule has 0 aliphatic carbocycles. The third-order valence-corrected chi connectivity index (χ3v) is 7.55. The summed E-state index contributed by atoms with van der Waals surface area (Å²) in [5.41, 5.74) is 0.873. The minimum absolute atomic E-state index is 0.191. The van der Waals surface area contributed by atoms with Crippen molar-refractivity contribution in [3.05, 3.63) is 24.0 Å². The van der Waals surface area contributed by atoms with E-state index in [9.17, 15) is 17.6 Å². The Morgan fingerprint density at radius 1 is 1.15 bits per heavy atom. The lowest BCUT2D eigenvalue weighted by Gasteiger charge is -2.21. The topological polar surface area (TPSA) is 87.2 Å². The summed E-state index contributed by atoms with van der Waals surface area (Å²) in [7, 11) is -2.94. The van der Waals surface area contributed by atoms with E-state index in [1.54, 1.807) is 12.1 Å². The molecule has 1 amide bonds. The van der Waals surface area contributed by atoms with Crippen LogP contribution in [0, 0.1) is 17.7 Å². The fourth-order valence-corrected chi connectivity index (χ4v) is 5.83. The average Bonchev–Trinajstić information content (AvgIpc) is 3.18. The second kappa shape index (κ2) is 6.94. The van der Waals surface area contributed by atoms with Crippen LogP contribution in [0.5, 0.6) is 0 Å². The number of carbonyl (C=O) groups is 1. The fourth-order valence-electron chi connectivity index (χ4n) is 4.30. The van der Waals surface area contributed by atoms with E-state index < -0.39 is 27.9 Å². The van der Waals surface area contributed by atoms with Crippen molar-refractivity contribution < 1.29 is 27.4 Å². The highest BCUT2D eigenvalue weighted by Gasteiger charge is 2.38. The Kier molecular flexibility index (Phi) is 4.75. The predicted molar refractivity (Wildman–Crippen MR) is 98.2 cm³/mol. The zero-order chi connectivity index (χ0) is 19.2. The summed E-state index contributed by atoms with van der Waals surface area (Å²) in [4.78, 5) is 15.2. The molecule has 0 aromatic heterocycles. The van der Waals surface area contributed by atoms with Gasteiger partial charge in [0.15, 0.2) is 0 Å². The highest BCUT2D eigenvalue weighted by molar-refractivity contribution is 7.91. The maximum absolute atomic E-state index is 14.8. The number of hydrogen-bond acceptors (Lipinski definition) is 6. The first-order valence-electron chi connectivity index (χ1n) is 9.20. The molecule has 3 heterocycles. The monoisotopic (exact) mass is 398 g/mol.